The van der Waals surface area contributed by atoms with Gasteiger partial charge in [-0.1, -0.05) is 13.0 Å². The summed E-state index contributed by atoms with van der Waals surface area (Å²) in [6.07, 6.45) is 2.71. The number of rotatable bonds is 3. The van der Waals surface area contributed by atoms with Crippen LogP contribution in [0, 0.1) is 0 Å². The highest BCUT2D eigenvalue weighted by Crippen LogP contribution is 2.25. The average molecular weight is 243 g/mol. The summed E-state index contributed by atoms with van der Waals surface area (Å²) < 4.78 is 5.64. The fraction of sp³-hybridized carbons (Fsp3) is 0.357. The second-order valence-electron chi connectivity index (χ2n) is 4.75. The van der Waals surface area contributed by atoms with E-state index in [1.165, 1.54) is 11.1 Å². The lowest BCUT2D eigenvalue weighted by atomic mass is 10.1. The molecule has 1 aliphatic rings. The van der Waals surface area contributed by atoms with Crippen molar-refractivity contribution in [2.45, 2.75) is 33.0 Å². The lowest BCUT2D eigenvalue weighted by Gasteiger charge is -2.11. The Morgan fingerprint density at radius 1 is 1.33 bits per heavy atom. The summed E-state index contributed by atoms with van der Waals surface area (Å²) in [6.45, 7) is 4.69. The number of aryl methyl sites for hydroxylation is 1. The topological polar surface area (TPSA) is 55.3 Å². The quantitative estimate of drug-likeness (QED) is 0.841. The van der Waals surface area contributed by atoms with Gasteiger partial charge in [-0.2, -0.15) is 0 Å². The normalized spacial score (nSPS) is 14.9. The van der Waals surface area contributed by atoms with Crippen LogP contribution in [0.4, 0.5) is 5.69 Å². The number of aromatic nitrogens is 1. The summed E-state index contributed by atoms with van der Waals surface area (Å²) >= 11 is 0. The maximum Gasteiger partial charge on any atom is 0.208 e. The van der Waals surface area contributed by atoms with Gasteiger partial charge >= 0.3 is 0 Å². The molecule has 0 atom stereocenters. The summed E-state index contributed by atoms with van der Waals surface area (Å²) in [4.78, 5) is 6.61. The molecule has 4 nitrogen and oxygen atoms in total. The average Bonchev–Trinajstić information content (AvgIpc) is 2.95. The maximum absolute atomic E-state index is 5.80. The Balaban J connectivity index is 1.70. The highest BCUT2D eigenvalue weighted by molar-refractivity contribution is 5.46. The molecule has 0 fully saturated rings. The molecule has 0 radical (unpaired) electrons. The van der Waals surface area contributed by atoms with Gasteiger partial charge in [0.2, 0.25) is 5.89 Å². The van der Waals surface area contributed by atoms with Gasteiger partial charge in [0.15, 0.2) is 0 Å². The first-order valence-electron chi connectivity index (χ1n) is 6.28. The van der Waals surface area contributed by atoms with E-state index in [4.69, 9.17) is 10.2 Å². The fourth-order valence-electron chi connectivity index (χ4n) is 2.37. The maximum atomic E-state index is 5.80. The van der Waals surface area contributed by atoms with Crippen LogP contribution in [0.2, 0.25) is 0 Å². The van der Waals surface area contributed by atoms with Gasteiger partial charge in [0.25, 0.3) is 0 Å². The lowest BCUT2D eigenvalue weighted by Crippen LogP contribution is -2.15. The Bertz CT molecular complexity index is 562. The molecular weight excluding hydrogens is 226 g/mol. The van der Waals surface area contributed by atoms with E-state index in [-0.39, 0.29) is 0 Å². The Morgan fingerprint density at radius 2 is 2.17 bits per heavy atom. The molecule has 0 aliphatic carbocycles. The number of hydrogen-bond donors (Lipinski definition) is 1. The highest BCUT2D eigenvalue weighted by Gasteiger charge is 2.20. The molecular formula is C14H17N3O. The van der Waals surface area contributed by atoms with Gasteiger partial charge < -0.3 is 10.2 Å². The van der Waals surface area contributed by atoms with Gasteiger partial charge in [-0.25, -0.2) is 4.98 Å². The van der Waals surface area contributed by atoms with Gasteiger partial charge in [0, 0.05) is 25.2 Å². The van der Waals surface area contributed by atoms with Crippen molar-refractivity contribution in [3.05, 3.63) is 47.2 Å². The van der Waals surface area contributed by atoms with Crippen LogP contribution in [-0.2, 0) is 26.1 Å². The predicted octanol–water partition coefficient (Wildman–Crippen LogP) is 2.33. The highest BCUT2D eigenvalue weighted by atomic mass is 16.4. The molecule has 0 saturated heterocycles. The largest absolute Gasteiger partial charge is 0.444 e. The van der Waals surface area contributed by atoms with Crippen molar-refractivity contribution in [2.24, 2.45) is 0 Å². The van der Waals surface area contributed by atoms with Gasteiger partial charge in [-0.05, 0) is 23.3 Å². The second-order valence-corrected chi connectivity index (χ2v) is 4.75. The van der Waals surface area contributed by atoms with Crippen LogP contribution < -0.4 is 5.73 Å². The number of nitrogens with zero attached hydrogens (tertiary/aromatic N) is 2. The molecule has 2 aromatic rings. The number of oxazole rings is 1. The predicted molar refractivity (Wildman–Crippen MR) is 69.7 cm³/mol. The Kier molecular flexibility index (Phi) is 2.80. The molecule has 94 valence electrons. The Labute approximate surface area is 106 Å². The number of nitrogens with two attached hydrogens (primary N) is 1. The van der Waals surface area contributed by atoms with E-state index in [1.54, 1.807) is 0 Å². The number of nitrogen functional groups attached to an aromatic ring is 1. The molecule has 0 spiro atoms. The number of hydrogen-bond acceptors (Lipinski definition) is 4. The zero-order chi connectivity index (χ0) is 12.5. The smallest absolute Gasteiger partial charge is 0.208 e. The van der Waals surface area contributed by atoms with Gasteiger partial charge in [0.05, 0.1) is 12.7 Å². The molecule has 0 bridgehead atoms. The third kappa shape index (κ3) is 2.11. The third-order valence-corrected chi connectivity index (χ3v) is 3.33. The first kappa shape index (κ1) is 11.3. The van der Waals surface area contributed by atoms with Crippen LogP contribution in [0.1, 0.15) is 29.7 Å². The summed E-state index contributed by atoms with van der Waals surface area (Å²) in [5.41, 5.74) is 9.30. The minimum absolute atomic E-state index is 0.759. The van der Waals surface area contributed by atoms with E-state index < -0.39 is 0 Å². The van der Waals surface area contributed by atoms with Crippen molar-refractivity contribution in [2.75, 3.05) is 5.73 Å². The first-order valence-corrected chi connectivity index (χ1v) is 6.28. The molecule has 2 N–H and O–H groups in total. The summed E-state index contributed by atoms with van der Waals surface area (Å²) in [6, 6.07) is 6.13. The van der Waals surface area contributed by atoms with E-state index in [1.807, 2.05) is 12.3 Å². The van der Waals surface area contributed by atoms with Crippen LogP contribution in [0.5, 0.6) is 0 Å². The number of anilines is 1. The van der Waals surface area contributed by atoms with Gasteiger partial charge in [-0.3, -0.25) is 4.90 Å². The van der Waals surface area contributed by atoms with Crippen LogP contribution in [0.15, 0.2) is 28.8 Å². The molecule has 3 rings (SSSR count). The minimum atomic E-state index is 0.759. The van der Waals surface area contributed by atoms with Crippen LogP contribution in [-0.4, -0.2) is 9.88 Å². The zero-order valence-electron chi connectivity index (χ0n) is 10.5. The van der Waals surface area contributed by atoms with E-state index >= 15 is 0 Å². The minimum Gasteiger partial charge on any atom is -0.444 e. The van der Waals surface area contributed by atoms with Gasteiger partial charge in [0.1, 0.15) is 5.76 Å². The fourth-order valence-corrected chi connectivity index (χ4v) is 2.37. The van der Waals surface area contributed by atoms with Crippen molar-refractivity contribution in [3.63, 3.8) is 0 Å². The summed E-state index contributed by atoms with van der Waals surface area (Å²) in [5, 5.41) is 0. The monoisotopic (exact) mass is 243 g/mol. The zero-order valence-corrected chi connectivity index (χ0v) is 10.5. The molecule has 0 saturated carbocycles. The SMILES string of the molecule is CCc1cnc(CN2Cc3ccc(N)cc3C2)o1. The molecule has 1 aliphatic heterocycles. The van der Waals surface area contributed by atoms with Crippen LogP contribution in [0.3, 0.4) is 0 Å². The Hall–Kier alpha value is -1.81. The van der Waals surface area contributed by atoms with Crippen molar-refractivity contribution in [1.82, 2.24) is 9.88 Å². The lowest BCUT2D eigenvalue weighted by molar-refractivity contribution is 0.243. The summed E-state index contributed by atoms with van der Waals surface area (Å²) in [5.74, 6) is 1.75. The van der Waals surface area contributed by atoms with E-state index in [2.05, 4.69) is 28.9 Å². The van der Waals surface area contributed by atoms with Crippen molar-refractivity contribution in [1.29, 1.82) is 0 Å². The molecule has 1 aromatic carbocycles. The summed E-state index contributed by atoms with van der Waals surface area (Å²) in [7, 11) is 0. The molecule has 1 aromatic heterocycles. The van der Waals surface area contributed by atoms with Gasteiger partial charge in [-0.15, -0.1) is 0 Å². The van der Waals surface area contributed by atoms with Crippen LogP contribution >= 0.6 is 0 Å². The third-order valence-electron chi connectivity index (χ3n) is 3.33. The van der Waals surface area contributed by atoms with Crippen molar-refractivity contribution < 1.29 is 4.42 Å². The van der Waals surface area contributed by atoms with Crippen LogP contribution in [0.25, 0.3) is 0 Å². The Morgan fingerprint density at radius 3 is 2.94 bits per heavy atom. The molecule has 18 heavy (non-hydrogen) atoms. The number of benzene rings is 1. The molecule has 4 heteroatoms. The molecule has 2 heterocycles. The van der Waals surface area contributed by atoms with E-state index in [9.17, 15) is 0 Å². The molecule has 0 unspecified atom stereocenters. The van der Waals surface area contributed by atoms with Crippen molar-refractivity contribution in [3.8, 4) is 0 Å². The van der Waals surface area contributed by atoms with Crippen molar-refractivity contribution >= 4 is 5.69 Å². The first-order chi connectivity index (χ1) is 8.74. The van der Waals surface area contributed by atoms with E-state index in [0.29, 0.717) is 0 Å². The molecule has 0 amide bonds. The standard InChI is InChI=1S/C14H17N3O/c1-2-13-6-16-14(18-13)9-17-7-10-3-4-12(15)5-11(10)8-17/h3-6H,2,7-9,15H2,1H3. The number of fused-ring (bicyclic) bond motifs is 1. The van der Waals surface area contributed by atoms with E-state index in [0.717, 1.165) is 43.4 Å². The second kappa shape index (κ2) is 4.46.